The fourth-order valence-corrected chi connectivity index (χ4v) is 1.16. The van der Waals surface area contributed by atoms with Crippen molar-refractivity contribution in [3.8, 4) is 0 Å². The molecule has 4 nitrogen and oxygen atoms in total. The van der Waals surface area contributed by atoms with Gasteiger partial charge in [0.25, 0.3) is 0 Å². The number of para-hydroxylation sites is 1. The van der Waals surface area contributed by atoms with Crippen molar-refractivity contribution in [1.82, 2.24) is 6.15 Å². The normalized spacial score (nSPS) is 8.33. The highest BCUT2D eigenvalue weighted by Gasteiger charge is 1.85. The second-order valence-electron chi connectivity index (χ2n) is 3.51. The van der Waals surface area contributed by atoms with Crippen molar-refractivity contribution in [2.75, 3.05) is 5.48 Å². The quantitative estimate of drug-likeness (QED) is 0.628. The van der Waals surface area contributed by atoms with Crippen LogP contribution in [0.2, 0.25) is 0 Å². The molecule has 0 amide bonds. The van der Waals surface area contributed by atoms with Crippen LogP contribution in [0.15, 0.2) is 54.6 Å². The molecule has 0 fully saturated rings. The molecule has 0 saturated heterocycles. The van der Waals surface area contributed by atoms with E-state index >= 15 is 0 Å². The highest BCUT2D eigenvalue weighted by Crippen LogP contribution is 2.01. The van der Waals surface area contributed by atoms with Gasteiger partial charge in [0, 0.05) is 11.7 Å². The van der Waals surface area contributed by atoms with E-state index in [0.29, 0.717) is 5.69 Å². The lowest BCUT2D eigenvalue weighted by Gasteiger charge is -1.92. The molecular formula is C14H15N2O2. The Morgan fingerprint density at radius 2 is 1.56 bits per heavy atom. The lowest BCUT2D eigenvalue weighted by molar-refractivity contribution is 0.112. The monoisotopic (exact) mass is 243 g/mol. The molecule has 93 valence electrons. The largest absolute Gasteiger partial charge is 0.298 e. The molecule has 0 aliphatic carbocycles. The standard InChI is InChI=1S/C8H8O.C6H7NO.N/c1-7-2-4-8(6-9)5-3-7;8-7-6-4-2-1-3-5-6;/h2-6H,1H3;1-5,7-8H;. The average molecular weight is 243 g/mol. The summed E-state index contributed by atoms with van der Waals surface area (Å²) >= 11 is 0. The van der Waals surface area contributed by atoms with Crippen LogP contribution in [0.5, 0.6) is 0 Å². The zero-order chi connectivity index (χ0) is 12.5. The number of anilines is 1. The van der Waals surface area contributed by atoms with E-state index in [-0.39, 0.29) is 6.15 Å². The van der Waals surface area contributed by atoms with E-state index in [2.05, 4.69) is 0 Å². The Morgan fingerprint density at radius 1 is 1.00 bits per heavy atom. The summed E-state index contributed by atoms with van der Waals surface area (Å²) in [5.41, 5.74) is 4.66. The van der Waals surface area contributed by atoms with Crippen LogP contribution in [0.25, 0.3) is 0 Å². The molecule has 18 heavy (non-hydrogen) atoms. The summed E-state index contributed by atoms with van der Waals surface area (Å²) in [7, 11) is 0. The molecule has 2 aromatic carbocycles. The minimum atomic E-state index is 0. The summed E-state index contributed by atoms with van der Waals surface area (Å²) in [6.07, 6.45) is 0.847. The van der Waals surface area contributed by atoms with Gasteiger partial charge in [-0.1, -0.05) is 48.0 Å². The van der Waals surface area contributed by atoms with Crippen molar-refractivity contribution in [1.29, 1.82) is 0 Å². The molecule has 2 N–H and O–H groups in total. The number of nitrogens with one attached hydrogen (secondary N) is 1. The molecule has 0 spiro atoms. The van der Waals surface area contributed by atoms with Crippen molar-refractivity contribution in [2.24, 2.45) is 0 Å². The fourth-order valence-electron chi connectivity index (χ4n) is 1.16. The molecule has 0 heterocycles. The Kier molecular flexibility index (Phi) is 7.85. The van der Waals surface area contributed by atoms with Crippen LogP contribution in [-0.4, -0.2) is 11.5 Å². The Labute approximate surface area is 107 Å². The van der Waals surface area contributed by atoms with Crippen LogP contribution in [0, 0.1) is 6.92 Å². The first-order valence-corrected chi connectivity index (χ1v) is 5.23. The molecule has 0 saturated carbocycles. The van der Waals surface area contributed by atoms with Crippen LogP contribution < -0.4 is 11.6 Å². The summed E-state index contributed by atoms with van der Waals surface area (Å²) in [6.45, 7) is 1.99. The molecular weight excluding hydrogens is 228 g/mol. The molecule has 3 radical (unpaired) electrons. The number of hydrogen-bond acceptors (Lipinski definition) is 3. The molecule has 0 aliphatic rings. The van der Waals surface area contributed by atoms with Crippen molar-refractivity contribution in [3.63, 3.8) is 0 Å². The third-order valence-electron chi connectivity index (χ3n) is 2.12. The summed E-state index contributed by atoms with van der Waals surface area (Å²) in [6, 6.07) is 16.6. The van der Waals surface area contributed by atoms with Gasteiger partial charge >= 0.3 is 0 Å². The molecule has 0 atom stereocenters. The Hall–Kier alpha value is -2.17. The first-order valence-electron chi connectivity index (χ1n) is 5.23. The van der Waals surface area contributed by atoms with Crippen molar-refractivity contribution in [2.45, 2.75) is 6.92 Å². The van der Waals surface area contributed by atoms with Crippen molar-refractivity contribution >= 4 is 12.0 Å². The van der Waals surface area contributed by atoms with Gasteiger partial charge in [0.2, 0.25) is 0 Å². The topological polar surface area (TPSA) is 79.8 Å². The first kappa shape index (κ1) is 15.8. The lowest BCUT2D eigenvalue weighted by atomic mass is 10.2. The molecule has 2 aromatic rings. The number of aldehydes is 1. The van der Waals surface area contributed by atoms with Crippen LogP contribution in [-0.2, 0) is 0 Å². The second kappa shape index (κ2) is 8.92. The van der Waals surface area contributed by atoms with E-state index in [9.17, 15) is 4.79 Å². The molecule has 2 rings (SSSR count). The maximum absolute atomic E-state index is 10.1. The Morgan fingerprint density at radius 3 is 1.94 bits per heavy atom. The van der Waals surface area contributed by atoms with Crippen LogP contribution in [0.1, 0.15) is 15.9 Å². The third-order valence-corrected chi connectivity index (χ3v) is 2.12. The van der Waals surface area contributed by atoms with Gasteiger partial charge in [0.05, 0.1) is 5.69 Å². The fraction of sp³-hybridized carbons (Fsp3) is 0.0714. The van der Waals surface area contributed by atoms with Gasteiger partial charge in [-0.2, -0.15) is 0 Å². The summed E-state index contributed by atoms with van der Waals surface area (Å²) < 4.78 is 0. The van der Waals surface area contributed by atoms with E-state index < -0.39 is 0 Å². The Balaban J connectivity index is 0.000000306. The smallest absolute Gasteiger partial charge is 0.150 e. The van der Waals surface area contributed by atoms with Gasteiger partial charge in [0.1, 0.15) is 6.29 Å². The van der Waals surface area contributed by atoms with Gasteiger partial charge in [-0.15, -0.1) is 0 Å². The number of benzene rings is 2. The minimum Gasteiger partial charge on any atom is -0.298 e. The van der Waals surface area contributed by atoms with Gasteiger partial charge < -0.3 is 0 Å². The highest BCUT2D eigenvalue weighted by molar-refractivity contribution is 5.74. The maximum atomic E-state index is 10.1. The minimum absolute atomic E-state index is 0. The van der Waals surface area contributed by atoms with Gasteiger partial charge in [-0.05, 0) is 19.1 Å². The molecule has 0 bridgehead atoms. The third kappa shape index (κ3) is 5.79. The summed E-state index contributed by atoms with van der Waals surface area (Å²) in [5, 5.41) is 8.29. The molecule has 0 aliphatic heterocycles. The van der Waals surface area contributed by atoms with Crippen LogP contribution in [0.3, 0.4) is 0 Å². The first-order chi connectivity index (χ1) is 8.26. The number of rotatable bonds is 2. The van der Waals surface area contributed by atoms with Crippen LogP contribution in [0.4, 0.5) is 5.69 Å². The average Bonchev–Trinajstić information content (AvgIpc) is 2.41. The van der Waals surface area contributed by atoms with Gasteiger partial charge in [0.15, 0.2) is 0 Å². The number of aryl methyl sites for hydroxylation is 1. The predicted molar refractivity (Wildman–Crippen MR) is 70.6 cm³/mol. The summed E-state index contributed by atoms with van der Waals surface area (Å²) in [4.78, 5) is 10.1. The van der Waals surface area contributed by atoms with E-state index in [0.717, 1.165) is 11.8 Å². The predicted octanol–water partition coefficient (Wildman–Crippen LogP) is 2.81. The van der Waals surface area contributed by atoms with E-state index in [1.165, 1.54) is 5.56 Å². The lowest BCUT2D eigenvalue weighted by Crippen LogP contribution is -1.85. The van der Waals surface area contributed by atoms with Gasteiger partial charge in [-0.3, -0.25) is 15.5 Å². The van der Waals surface area contributed by atoms with E-state index in [1.807, 2.05) is 54.9 Å². The number of hydrogen-bond donors (Lipinski definition) is 2. The van der Waals surface area contributed by atoms with Gasteiger partial charge in [-0.25, -0.2) is 0 Å². The van der Waals surface area contributed by atoms with E-state index in [4.69, 9.17) is 5.21 Å². The molecule has 4 heteroatoms. The SMILES string of the molecule is Cc1ccc(C=O)cc1.ONc1ccccc1.[N]. The number of carbonyl (C=O) groups excluding carboxylic acids is 1. The summed E-state index contributed by atoms with van der Waals surface area (Å²) in [5.74, 6) is 0. The number of carbonyl (C=O) groups is 1. The molecule has 0 aromatic heterocycles. The van der Waals surface area contributed by atoms with Crippen LogP contribution >= 0.6 is 0 Å². The second-order valence-corrected chi connectivity index (χ2v) is 3.51. The zero-order valence-corrected chi connectivity index (χ0v) is 10.1. The van der Waals surface area contributed by atoms with E-state index in [1.54, 1.807) is 12.1 Å². The Bertz CT molecular complexity index is 441. The number of nitrogens with zero attached hydrogens (tertiary/aromatic N) is 1. The maximum Gasteiger partial charge on any atom is 0.150 e. The molecule has 0 unspecified atom stereocenters. The van der Waals surface area contributed by atoms with Crippen molar-refractivity contribution in [3.05, 3.63) is 65.7 Å². The zero-order valence-electron chi connectivity index (χ0n) is 10.1. The highest BCUT2D eigenvalue weighted by atomic mass is 16.5. The van der Waals surface area contributed by atoms with Crippen molar-refractivity contribution < 1.29 is 10.0 Å².